The van der Waals surface area contributed by atoms with Gasteiger partial charge >= 0.3 is 0 Å². The van der Waals surface area contributed by atoms with Crippen LogP contribution in [0.15, 0.2) is 0 Å². The van der Waals surface area contributed by atoms with Gasteiger partial charge in [0, 0.05) is 0 Å². The molecule has 1 aliphatic carbocycles. The highest BCUT2D eigenvalue weighted by molar-refractivity contribution is 4.78. The van der Waals surface area contributed by atoms with E-state index in [2.05, 4.69) is 27.7 Å². The smallest absolute Gasteiger partial charge is 0.0609 e. The van der Waals surface area contributed by atoms with Crippen LogP contribution in [-0.2, 0) is 4.74 Å². The molecule has 0 aromatic rings. The fourth-order valence-corrected chi connectivity index (χ4v) is 2.41. The van der Waals surface area contributed by atoms with Crippen molar-refractivity contribution in [2.75, 3.05) is 0 Å². The van der Waals surface area contributed by atoms with Crippen molar-refractivity contribution in [2.45, 2.75) is 65.6 Å². The van der Waals surface area contributed by atoms with E-state index < -0.39 is 0 Å². The van der Waals surface area contributed by atoms with Crippen LogP contribution in [0.25, 0.3) is 0 Å². The van der Waals surface area contributed by atoms with Gasteiger partial charge in [0.15, 0.2) is 0 Å². The van der Waals surface area contributed by atoms with E-state index in [0.717, 1.165) is 11.8 Å². The van der Waals surface area contributed by atoms with Crippen LogP contribution in [0.3, 0.4) is 0 Å². The molecule has 2 atom stereocenters. The molecule has 0 aromatic carbocycles. The molecule has 0 bridgehead atoms. The number of ether oxygens (including phenoxy) is 1. The zero-order valence-electron chi connectivity index (χ0n) is 9.55. The lowest BCUT2D eigenvalue weighted by Gasteiger charge is -2.35. The summed E-state index contributed by atoms with van der Waals surface area (Å²) in [6.45, 7) is 8.94. The molecule has 0 aliphatic heterocycles. The van der Waals surface area contributed by atoms with Crippen molar-refractivity contribution in [1.29, 1.82) is 0 Å². The molecule has 1 aliphatic rings. The summed E-state index contributed by atoms with van der Waals surface area (Å²) in [5.41, 5.74) is 0. The van der Waals surface area contributed by atoms with Gasteiger partial charge in [0.05, 0.1) is 12.2 Å². The third kappa shape index (κ3) is 3.30. The molecule has 1 heteroatoms. The molecule has 0 saturated heterocycles. The summed E-state index contributed by atoms with van der Waals surface area (Å²) >= 11 is 0. The summed E-state index contributed by atoms with van der Waals surface area (Å²) in [4.78, 5) is 0. The number of hydrogen-bond donors (Lipinski definition) is 0. The summed E-state index contributed by atoms with van der Waals surface area (Å²) in [7, 11) is 0. The zero-order chi connectivity index (χ0) is 9.84. The number of rotatable bonds is 3. The highest BCUT2D eigenvalue weighted by atomic mass is 16.5. The van der Waals surface area contributed by atoms with Crippen molar-refractivity contribution in [1.82, 2.24) is 0 Å². The van der Waals surface area contributed by atoms with Gasteiger partial charge in [0.25, 0.3) is 0 Å². The predicted octanol–water partition coefficient (Wildman–Crippen LogP) is 3.63. The summed E-state index contributed by atoms with van der Waals surface area (Å²) < 4.78 is 5.97. The summed E-state index contributed by atoms with van der Waals surface area (Å²) in [6.07, 6.45) is 6.34. The van der Waals surface area contributed by atoms with E-state index in [1.807, 2.05) is 0 Å². The quantitative estimate of drug-likeness (QED) is 0.651. The van der Waals surface area contributed by atoms with Crippen molar-refractivity contribution in [3.8, 4) is 0 Å². The SMILES string of the molecule is CC(C)OC1CCCCC1C(C)C. The maximum Gasteiger partial charge on any atom is 0.0609 e. The highest BCUT2D eigenvalue weighted by Gasteiger charge is 2.28. The number of hydrogen-bond acceptors (Lipinski definition) is 1. The summed E-state index contributed by atoms with van der Waals surface area (Å²) in [5.74, 6) is 1.58. The first-order valence-corrected chi connectivity index (χ1v) is 5.76. The second-order valence-corrected chi connectivity index (χ2v) is 4.92. The maximum atomic E-state index is 5.97. The minimum atomic E-state index is 0.393. The Bertz CT molecular complexity index is 140. The molecule has 0 radical (unpaired) electrons. The molecule has 0 heterocycles. The standard InChI is InChI=1S/C12H24O/c1-9(2)11-7-5-6-8-12(11)13-10(3)4/h9-12H,5-8H2,1-4H3. The lowest BCUT2D eigenvalue weighted by atomic mass is 9.79. The fraction of sp³-hybridized carbons (Fsp3) is 1.00. The van der Waals surface area contributed by atoms with Gasteiger partial charge in [-0.25, -0.2) is 0 Å². The van der Waals surface area contributed by atoms with Crippen LogP contribution in [0.5, 0.6) is 0 Å². The molecular formula is C12H24O. The van der Waals surface area contributed by atoms with E-state index in [4.69, 9.17) is 4.74 Å². The van der Waals surface area contributed by atoms with Crippen LogP contribution >= 0.6 is 0 Å². The van der Waals surface area contributed by atoms with Gasteiger partial charge in [-0.1, -0.05) is 26.7 Å². The second-order valence-electron chi connectivity index (χ2n) is 4.92. The van der Waals surface area contributed by atoms with Gasteiger partial charge in [-0.15, -0.1) is 0 Å². The van der Waals surface area contributed by atoms with Crippen LogP contribution in [0, 0.1) is 11.8 Å². The molecule has 78 valence electrons. The Morgan fingerprint density at radius 2 is 1.62 bits per heavy atom. The Morgan fingerprint density at radius 1 is 1.00 bits per heavy atom. The van der Waals surface area contributed by atoms with Gasteiger partial charge < -0.3 is 4.74 Å². The zero-order valence-corrected chi connectivity index (χ0v) is 9.55. The van der Waals surface area contributed by atoms with Crippen molar-refractivity contribution in [3.05, 3.63) is 0 Å². The molecule has 1 rings (SSSR count). The van der Waals surface area contributed by atoms with Gasteiger partial charge in [-0.3, -0.25) is 0 Å². The minimum Gasteiger partial charge on any atom is -0.375 e. The van der Waals surface area contributed by atoms with Crippen molar-refractivity contribution >= 4 is 0 Å². The molecule has 0 aromatic heterocycles. The molecule has 13 heavy (non-hydrogen) atoms. The van der Waals surface area contributed by atoms with E-state index in [9.17, 15) is 0 Å². The molecule has 0 amide bonds. The van der Waals surface area contributed by atoms with Crippen molar-refractivity contribution in [2.24, 2.45) is 11.8 Å². The molecule has 2 unspecified atom stereocenters. The van der Waals surface area contributed by atoms with Crippen LogP contribution in [-0.4, -0.2) is 12.2 Å². The second kappa shape index (κ2) is 4.99. The first-order chi connectivity index (χ1) is 6.11. The largest absolute Gasteiger partial charge is 0.375 e. The van der Waals surface area contributed by atoms with E-state index in [-0.39, 0.29) is 0 Å². The molecule has 1 saturated carbocycles. The van der Waals surface area contributed by atoms with Crippen molar-refractivity contribution in [3.63, 3.8) is 0 Å². The Hall–Kier alpha value is -0.0400. The molecular weight excluding hydrogens is 160 g/mol. The topological polar surface area (TPSA) is 9.23 Å². The molecule has 1 nitrogen and oxygen atoms in total. The average Bonchev–Trinajstić information content (AvgIpc) is 2.03. The Morgan fingerprint density at radius 3 is 2.15 bits per heavy atom. The van der Waals surface area contributed by atoms with Crippen LogP contribution in [0.2, 0.25) is 0 Å². The lowest BCUT2D eigenvalue weighted by Crippen LogP contribution is -2.33. The normalized spacial score (nSPS) is 30.0. The monoisotopic (exact) mass is 184 g/mol. The first-order valence-electron chi connectivity index (χ1n) is 5.76. The average molecular weight is 184 g/mol. The van der Waals surface area contributed by atoms with Gasteiger partial charge in [-0.05, 0) is 38.5 Å². The molecule has 0 spiro atoms. The van der Waals surface area contributed by atoms with Crippen LogP contribution in [0.4, 0.5) is 0 Å². The third-order valence-electron chi connectivity index (χ3n) is 3.06. The first kappa shape index (κ1) is 11.0. The van der Waals surface area contributed by atoms with Crippen LogP contribution in [0.1, 0.15) is 53.4 Å². The van der Waals surface area contributed by atoms with Gasteiger partial charge in [-0.2, -0.15) is 0 Å². The fourth-order valence-electron chi connectivity index (χ4n) is 2.41. The van der Waals surface area contributed by atoms with E-state index >= 15 is 0 Å². The van der Waals surface area contributed by atoms with Gasteiger partial charge in [0.2, 0.25) is 0 Å². The Labute approximate surface area is 82.9 Å². The van der Waals surface area contributed by atoms with E-state index in [1.165, 1.54) is 25.7 Å². The van der Waals surface area contributed by atoms with E-state index in [0.29, 0.717) is 12.2 Å². The maximum absolute atomic E-state index is 5.97. The summed E-state index contributed by atoms with van der Waals surface area (Å²) in [5, 5.41) is 0. The van der Waals surface area contributed by atoms with E-state index in [1.54, 1.807) is 0 Å². The Kier molecular flexibility index (Phi) is 4.24. The lowest BCUT2D eigenvalue weighted by molar-refractivity contribution is -0.0569. The molecule has 0 N–H and O–H groups in total. The molecule has 1 fully saturated rings. The Balaban J connectivity index is 2.46. The third-order valence-corrected chi connectivity index (χ3v) is 3.06. The van der Waals surface area contributed by atoms with Gasteiger partial charge in [0.1, 0.15) is 0 Å². The minimum absolute atomic E-state index is 0.393. The highest BCUT2D eigenvalue weighted by Crippen LogP contribution is 2.32. The van der Waals surface area contributed by atoms with Crippen LogP contribution < -0.4 is 0 Å². The predicted molar refractivity (Wildman–Crippen MR) is 56.8 cm³/mol. The summed E-state index contributed by atoms with van der Waals surface area (Å²) in [6, 6.07) is 0. The van der Waals surface area contributed by atoms with Crippen molar-refractivity contribution < 1.29 is 4.74 Å².